The number of aromatic nitrogens is 4. The molecule has 1 aliphatic rings. The van der Waals surface area contributed by atoms with Gasteiger partial charge in [-0.05, 0) is 48.5 Å². The van der Waals surface area contributed by atoms with E-state index < -0.39 is 0 Å². The van der Waals surface area contributed by atoms with Crippen LogP contribution in [0.5, 0.6) is 11.5 Å². The molecular formula is C23H23FN5OP. The molecule has 0 spiro atoms. The number of fused-ring (bicyclic) bond motifs is 1. The van der Waals surface area contributed by atoms with Crippen molar-refractivity contribution in [2.24, 2.45) is 0 Å². The summed E-state index contributed by atoms with van der Waals surface area (Å²) in [6.07, 6.45) is 7.34. The standard InChI is InChI=1S/C23H23FN5OP/c24-14-5-4-8-16(11-14)30-17-9-10-18(19(31)12-17)21-20-22(25)26-13-27-23(20)29(28-21)15-6-2-1-3-7-15/h4-5,8-13,15H,1-3,6-7,31H2,(H2,25,26,27). The van der Waals surface area contributed by atoms with Crippen molar-refractivity contribution in [2.75, 3.05) is 5.73 Å². The molecule has 2 N–H and O–H groups in total. The highest BCUT2D eigenvalue weighted by Gasteiger charge is 2.24. The zero-order chi connectivity index (χ0) is 21.4. The van der Waals surface area contributed by atoms with Crippen LogP contribution in [0.2, 0.25) is 0 Å². The zero-order valence-corrected chi connectivity index (χ0v) is 18.1. The van der Waals surface area contributed by atoms with Gasteiger partial charge in [-0.3, -0.25) is 0 Å². The second kappa shape index (κ2) is 8.23. The first kappa shape index (κ1) is 19.9. The summed E-state index contributed by atoms with van der Waals surface area (Å²) in [4.78, 5) is 8.73. The SMILES string of the molecule is Nc1ncnc2c1c(-c1ccc(Oc3cccc(F)c3)cc1P)nn2C1CCCCC1. The molecule has 1 aliphatic carbocycles. The highest BCUT2D eigenvalue weighted by molar-refractivity contribution is 7.28. The van der Waals surface area contributed by atoms with Crippen molar-refractivity contribution in [2.45, 2.75) is 38.1 Å². The number of hydrogen-bond acceptors (Lipinski definition) is 5. The number of benzene rings is 2. The van der Waals surface area contributed by atoms with Crippen molar-refractivity contribution in [3.63, 3.8) is 0 Å². The van der Waals surface area contributed by atoms with E-state index in [2.05, 4.69) is 19.2 Å². The molecule has 1 saturated carbocycles. The Bertz CT molecular complexity index is 1250. The van der Waals surface area contributed by atoms with E-state index in [-0.39, 0.29) is 5.82 Å². The summed E-state index contributed by atoms with van der Waals surface area (Å²) in [5, 5.41) is 6.63. The fourth-order valence-corrected chi connectivity index (χ4v) is 4.65. The van der Waals surface area contributed by atoms with Crippen LogP contribution in [-0.2, 0) is 0 Å². The van der Waals surface area contributed by atoms with E-state index in [0.29, 0.717) is 23.4 Å². The molecule has 8 heteroatoms. The molecule has 0 radical (unpaired) electrons. The number of nitrogens with zero attached hydrogens (tertiary/aromatic N) is 4. The smallest absolute Gasteiger partial charge is 0.164 e. The minimum absolute atomic E-state index is 0.322. The van der Waals surface area contributed by atoms with Crippen LogP contribution in [0.1, 0.15) is 38.1 Å². The van der Waals surface area contributed by atoms with Gasteiger partial charge in [0.2, 0.25) is 0 Å². The molecule has 6 nitrogen and oxygen atoms in total. The van der Waals surface area contributed by atoms with Gasteiger partial charge in [-0.1, -0.05) is 25.3 Å². The van der Waals surface area contributed by atoms with Gasteiger partial charge in [-0.2, -0.15) is 5.10 Å². The minimum Gasteiger partial charge on any atom is -0.457 e. The lowest BCUT2D eigenvalue weighted by molar-refractivity contribution is 0.336. The van der Waals surface area contributed by atoms with Gasteiger partial charge in [0.25, 0.3) is 0 Å². The Hall–Kier alpha value is -3.05. The second-order valence-electron chi connectivity index (χ2n) is 7.85. The van der Waals surface area contributed by atoms with E-state index in [0.717, 1.165) is 40.4 Å². The predicted octanol–water partition coefficient (Wildman–Crippen LogP) is 5.01. The van der Waals surface area contributed by atoms with Gasteiger partial charge in [0, 0.05) is 11.6 Å². The van der Waals surface area contributed by atoms with Crippen LogP contribution in [-0.4, -0.2) is 19.7 Å². The maximum absolute atomic E-state index is 13.5. The first-order valence-electron chi connectivity index (χ1n) is 10.4. The summed E-state index contributed by atoms with van der Waals surface area (Å²) < 4.78 is 21.3. The third-order valence-corrected chi connectivity index (χ3v) is 6.23. The van der Waals surface area contributed by atoms with Crippen molar-refractivity contribution in [1.29, 1.82) is 0 Å². The number of anilines is 1. The molecule has 2 heterocycles. The highest BCUT2D eigenvalue weighted by atomic mass is 31.0. The molecule has 4 aromatic rings. The first-order valence-corrected chi connectivity index (χ1v) is 11.0. The quantitative estimate of drug-likeness (QED) is 0.456. The largest absolute Gasteiger partial charge is 0.457 e. The van der Waals surface area contributed by atoms with Crippen LogP contribution in [0.4, 0.5) is 10.2 Å². The van der Waals surface area contributed by atoms with Crippen molar-refractivity contribution in [3.05, 3.63) is 54.6 Å². The first-order chi connectivity index (χ1) is 15.1. The molecular weight excluding hydrogens is 412 g/mol. The van der Waals surface area contributed by atoms with Gasteiger partial charge >= 0.3 is 0 Å². The minimum atomic E-state index is -0.338. The third kappa shape index (κ3) is 3.86. The summed E-state index contributed by atoms with van der Waals surface area (Å²) in [5.74, 6) is 1.14. The van der Waals surface area contributed by atoms with Crippen molar-refractivity contribution in [3.8, 4) is 22.8 Å². The molecule has 2 aromatic heterocycles. The number of hydrogen-bond donors (Lipinski definition) is 1. The Morgan fingerprint density at radius 2 is 1.84 bits per heavy atom. The number of halogens is 1. The van der Waals surface area contributed by atoms with Crippen LogP contribution in [0.15, 0.2) is 48.8 Å². The fraction of sp³-hybridized carbons (Fsp3) is 0.261. The summed E-state index contributed by atoms with van der Waals surface area (Å²) in [7, 11) is 2.73. The van der Waals surface area contributed by atoms with E-state index in [1.807, 2.05) is 22.9 Å². The lowest BCUT2D eigenvalue weighted by atomic mass is 9.96. The van der Waals surface area contributed by atoms with Gasteiger partial charge in [-0.15, -0.1) is 9.24 Å². The Morgan fingerprint density at radius 1 is 1.03 bits per heavy atom. The van der Waals surface area contributed by atoms with Gasteiger partial charge < -0.3 is 10.5 Å². The maximum Gasteiger partial charge on any atom is 0.164 e. The lowest BCUT2D eigenvalue weighted by Crippen LogP contribution is -2.14. The monoisotopic (exact) mass is 435 g/mol. The molecule has 158 valence electrons. The lowest BCUT2D eigenvalue weighted by Gasteiger charge is -2.22. The molecule has 0 saturated heterocycles. The topological polar surface area (TPSA) is 78.8 Å². The van der Waals surface area contributed by atoms with Crippen molar-refractivity contribution >= 4 is 31.4 Å². The predicted molar refractivity (Wildman–Crippen MR) is 123 cm³/mol. The number of nitrogens with two attached hydrogens (primary N) is 1. The van der Waals surface area contributed by atoms with E-state index >= 15 is 0 Å². The number of ether oxygens (including phenoxy) is 1. The van der Waals surface area contributed by atoms with E-state index in [1.165, 1.54) is 37.7 Å². The molecule has 0 bridgehead atoms. The van der Waals surface area contributed by atoms with Crippen molar-refractivity contribution < 1.29 is 9.13 Å². The van der Waals surface area contributed by atoms with E-state index in [1.54, 1.807) is 12.1 Å². The average Bonchev–Trinajstić information content (AvgIpc) is 3.15. The van der Waals surface area contributed by atoms with E-state index in [9.17, 15) is 4.39 Å². The van der Waals surface area contributed by atoms with Crippen LogP contribution in [0, 0.1) is 5.82 Å². The molecule has 1 atom stereocenters. The Labute approximate surface area is 181 Å². The van der Waals surface area contributed by atoms with Crippen molar-refractivity contribution in [1.82, 2.24) is 19.7 Å². The molecule has 31 heavy (non-hydrogen) atoms. The molecule has 2 aromatic carbocycles. The van der Waals surface area contributed by atoms with Crippen LogP contribution in [0.25, 0.3) is 22.3 Å². The Balaban J connectivity index is 1.56. The summed E-state index contributed by atoms with van der Waals surface area (Å²) >= 11 is 0. The molecule has 5 rings (SSSR count). The van der Waals surface area contributed by atoms with Gasteiger partial charge in [0.15, 0.2) is 5.65 Å². The molecule has 0 amide bonds. The highest BCUT2D eigenvalue weighted by Crippen LogP contribution is 2.36. The van der Waals surface area contributed by atoms with Crippen LogP contribution in [0.3, 0.4) is 0 Å². The van der Waals surface area contributed by atoms with E-state index in [4.69, 9.17) is 15.6 Å². The fourth-order valence-electron chi connectivity index (χ4n) is 4.25. The number of rotatable bonds is 4. The molecule has 0 aliphatic heterocycles. The summed E-state index contributed by atoms with van der Waals surface area (Å²) in [6.45, 7) is 0. The second-order valence-corrected chi connectivity index (χ2v) is 8.47. The Kier molecular flexibility index (Phi) is 5.28. The molecule has 1 unspecified atom stereocenters. The maximum atomic E-state index is 13.5. The average molecular weight is 435 g/mol. The third-order valence-electron chi connectivity index (χ3n) is 5.75. The summed E-state index contributed by atoms with van der Waals surface area (Å²) in [5.41, 5.74) is 8.72. The summed E-state index contributed by atoms with van der Waals surface area (Å²) in [6, 6.07) is 12.1. The van der Waals surface area contributed by atoms with Crippen LogP contribution < -0.4 is 15.8 Å². The normalized spacial score (nSPS) is 14.8. The van der Waals surface area contributed by atoms with Gasteiger partial charge in [0.05, 0.1) is 11.4 Å². The van der Waals surface area contributed by atoms with Crippen LogP contribution >= 0.6 is 9.24 Å². The Morgan fingerprint density at radius 3 is 2.61 bits per heavy atom. The van der Waals surface area contributed by atoms with Gasteiger partial charge in [0.1, 0.15) is 35.2 Å². The zero-order valence-electron chi connectivity index (χ0n) is 17.0. The number of nitrogen functional groups attached to an aromatic ring is 1. The van der Waals surface area contributed by atoms with Gasteiger partial charge in [-0.25, -0.2) is 19.0 Å². The molecule has 1 fully saturated rings.